The molecule has 6 rings (SSSR count). The number of nitrogens with zero attached hydrogens (tertiary/aromatic N) is 2. The second kappa shape index (κ2) is 12.2. The molecule has 40 heavy (non-hydrogen) atoms. The molecule has 1 aliphatic heterocycles. The van der Waals surface area contributed by atoms with Gasteiger partial charge in [0.2, 0.25) is 0 Å². The fourth-order valence-corrected chi connectivity index (χ4v) is 7.99. The van der Waals surface area contributed by atoms with Gasteiger partial charge in [-0.15, -0.1) is 0 Å². The SMILES string of the molecule is COc1ccc(-c2[nH]c3ccc(CC4CCC(N5CCN(C6CCCC6)CC5)CC4)cc3c2C(C)C)cc1OC. The highest BCUT2D eigenvalue weighted by Crippen LogP contribution is 2.40. The average molecular weight is 544 g/mol. The zero-order valence-corrected chi connectivity index (χ0v) is 25.2. The highest BCUT2D eigenvalue weighted by molar-refractivity contribution is 5.92. The molecule has 0 atom stereocenters. The number of rotatable bonds is 8. The first-order valence-electron chi connectivity index (χ1n) is 15.9. The predicted octanol–water partition coefficient (Wildman–Crippen LogP) is 7.64. The van der Waals surface area contributed by atoms with Crippen molar-refractivity contribution in [2.75, 3.05) is 40.4 Å². The lowest BCUT2D eigenvalue weighted by Crippen LogP contribution is -2.53. The number of fused-ring (bicyclic) bond motifs is 1. The number of methoxy groups -OCH3 is 2. The Hall–Kier alpha value is -2.50. The van der Waals surface area contributed by atoms with E-state index in [1.54, 1.807) is 14.2 Å². The molecule has 1 saturated heterocycles. The first kappa shape index (κ1) is 27.7. The first-order valence-corrected chi connectivity index (χ1v) is 15.9. The molecular weight excluding hydrogens is 494 g/mol. The standard InChI is InChI=1S/C35H49N3O2/c1-24(2)34-30-22-26(11-15-31(30)36-35(34)27-12-16-32(39-3)33(23-27)40-4)21-25-9-13-29(14-10-25)38-19-17-37(18-20-38)28-7-5-6-8-28/h11-12,15-16,22-25,28-29,36H,5-10,13-14,17-21H2,1-4H3. The van der Waals surface area contributed by atoms with Gasteiger partial charge in [0, 0.05) is 54.7 Å². The maximum atomic E-state index is 5.60. The summed E-state index contributed by atoms with van der Waals surface area (Å²) >= 11 is 0. The maximum Gasteiger partial charge on any atom is 0.161 e. The molecule has 0 spiro atoms. The molecule has 1 aromatic heterocycles. The van der Waals surface area contributed by atoms with E-state index in [0.717, 1.165) is 35.1 Å². The smallest absolute Gasteiger partial charge is 0.161 e. The lowest BCUT2D eigenvalue weighted by molar-refractivity contribution is 0.0517. The highest BCUT2D eigenvalue weighted by atomic mass is 16.5. The quantitative estimate of drug-likeness (QED) is 0.317. The second-order valence-electron chi connectivity index (χ2n) is 12.9. The normalized spacial score (nSPS) is 23.3. The molecule has 5 nitrogen and oxygen atoms in total. The molecule has 1 N–H and O–H groups in total. The minimum Gasteiger partial charge on any atom is -0.493 e. The van der Waals surface area contributed by atoms with Crippen LogP contribution in [0.5, 0.6) is 11.5 Å². The van der Waals surface area contributed by atoms with Crippen LogP contribution in [-0.4, -0.2) is 67.3 Å². The van der Waals surface area contributed by atoms with Gasteiger partial charge in [0.25, 0.3) is 0 Å². The molecule has 216 valence electrons. The van der Waals surface area contributed by atoms with Gasteiger partial charge >= 0.3 is 0 Å². The van der Waals surface area contributed by atoms with E-state index < -0.39 is 0 Å². The highest BCUT2D eigenvalue weighted by Gasteiger charge is 2.31. The topological polar surface area (TPSA) is 40.7 Å². The van der Waals surface area contributed by atoms with Gasteiger partial charge in [-0.05, 0) is 98.2 Å². The van der Waals surface area contributed by atoms with Crippen LogP contribution < -0.4 is 9.47 Å². The Morgan fingerprint density at radius 1 is 0.775 bits per heavy atom. The molecule has 3 aliphatic rings. The van der Waals surface area contributed by atoms with Gasteiger partial charge in [-0.1, -0.05) is 32.8 Å². The summed E-state index contributed by atoms with van der Waals surface area (Å²) in [6.07, 6.45) is 12.5. The second-order valence-corrected chi connectivity index (χ2v) is 12.9. The van der Waals surface area contributed by atoms with Gasteiger partial charge in [0.1, 0.15) is 0 Å². The Morgan fingerprint density at radius 3 is 2.05 bits per heavy atom. The summed E-state index contributed by atoms with van der Waals surface area (Å²) < 4.78 is 11.1. The van der Waals surface area contributed by atoms with Gasteiger partial charge in [-0.2, -0.15) is 0 Å². The third-order valence-corrected chi connectivity index (χ3v) is 10.2. The molecule has 3 aromatic rings. The average Bonchev–Trinajstić information content (AvgIpc) is 3.66. The monoisotopic (exact) mass is 543 g/mol. The number of H-pyrrole nitrogens is 1. The Bertz CT molecular complexity index is 1280. The molecule has 2 heterocycles. The zero-order valence-electron chi connectivity index (χ0n) is 25.2. The van der Waals surface area contributed by atoms with E-state index >= 15 is 0 Å². The molecule has 0 bridgehead atoms. The van der Waals surface area contributed by atoms with Crippen LogP contribution in [0.1, 0.15) is 82.3 Å². The lowest BCUT2D eigenvalue weighted by atomic mass is 9.81. The summed E-state index contributed by atoms with van der Waals surface area (Å²) in [5.41, 5.74) is 6.43. The van der Waals surface area contributed by atoms with Gasteiger partial charge in [-0.3, -0.25) is 9.80 Å². The van der Waals surface area contributed by atoms with Crippen molar-refractivity contribution in [1.82, 2.24) is 14.8 Å². The number of ether oxygens (including phenoxy) is 2. The van der Waals surface area contributed by atoms with Crippen molar-refractivity contribution in [2.45, 2.75) is 89.6 Å². The van der Waals surface area contributed by atoms with Crippen LogP contribution >= 0.6 is 0 Å². The van der Waals surface area contributed by atoms with Gasteiger partial charge in [0.15, 0.2) is 11.5 Å². The van der Waals surface area contributed by atoms with Crippen molar-refractivity contribution in [3.05, 3.63) is 47.5 Å². The van der Waals surface area contributed by atoms with Crippen molar-refractivity contribution in [3.63, 3.8) is 0 Å². The van der Waals surface area contributed by atoms with Crippen LogP contribution in [-0.2, 0) is 6.42 Å². The van der Waals surface area contributed by atoms with Crippen LogP contribution in [0.3, 0.4) is 0 Å². The van der Waals surface area contributed by atoms with Crippen molar-refractivity contribution in [1.29, 1.82) is 0 Å². The van der Waals surface area contributed by atoms with E-state index in [-0.39, 0.29) is 0 Å². The van der Waals surface area contributed by atoms with E-state index in [9.17, 15) is 0 Å². The largest absolute Gasteiger partial charge is 0.493 e. The van der Waals surface area contributed by atoms with Crippen molar-refractivity contribution in [2.24, 2.45) is 5.92 Å². The lowest BCUT2D eigenvalue weighted by Gasteiger charge is -2.43. The summed E-state index contributed by atoms with van der Waals surface area (Å²) in [7, 11) is 3.39. The van der Waals surface area contributed by atoms with Crippen LogP contribution in [0.25, 0.3) is 22.2 Å². The minimum absolute atomic E-state index is 0.414. The molecule has 2 aliphatic carbocycles. The third-order valence-electron chi connectivity index (χ3n) is 10.2. The summed E-state index contributed by atoms with van der Waals surface area (Å²) in [5.74, 6) is 2.74. The number of nitrogens with one attached hydrogen (secondary N) is 1. The van der Waals surface area contributed by atoms with E-state index in [4.69, 9.17) is 9.47 Å². The molecule has 2 saturated carbocycles. The number of aromatic amines is 1. The van der Waals surface area contributed by atoms with Gasteiger partial charge in [-0.25, -0.2) is 0 Å². The molecular formula is C35H49N3O2. The fourth-order valence-electron chi connectivity index (χ4n) is 7.99. The van der Waals surface area contributed by atoms with Gasteiger partial charge < -0.3 is 14.5 Å². The van der Waals surface area contributed by atoms with Crippen LogP contribution in [0.4, 0.5) is 0 Å². The number of aromatic nitrogens is 1. The summed E-state index contributed by atoms with van der Waals surface area (Å²) in [6, 6.07) is 15.1. The Morgan fingerprint density at radius 2 is 1.43 bits per heavy atom. The van der Waals surface area contributed by atoms with E-state index in [1.165, 1.54) is 112 Å². The minimum atomic E-state index is 0.414. The van der Waals surface area contributed by atoms with Crippen LogP contribution in [0, 0.1) is 5.92 Å². The number of piperazine rings is 1. The van der Waals surface area contributed by atoms with Gasteiger partial charge in [0.05, 0.1) is 19.9 Å². The zero-order chi connectivity index (χ0) is 27.6. The van der Waals surface area contributed by atoms with Crippen molar-refractivity contribution < 1.29 is 9.47 Å². The van der Waals surface area contributed by atoms with Crippen molar-refractivity contribution >= 4 is 10.9 Å². The molecule has 3 fully saturated rings. The molecule has 0 radical (unpaired) electrons. The molecule has 5 heteroatoms. The van der Waals surface area contributed by atoms with E-state index in [2.05, 4.69) is 59.0 Å². The number of hydrogen-bond donors (Lipinski definition) is 1. The summed E-state index contributed by atoms with van der Waals surface area (Å²) in [4.78, 5) is 9.37. The predicted molar refractivity (Wildman–Crippen MR) is 166 cm³/mol. The van der Waals surface area contributed by atoms with Crippen LogP contribution in [0.15, 0.2) is 36.4 Å². The molecule has 0 unspecified atom stereocenters. The third kappa shape index (κ3) is 5.65. The summed E-state index contributed by atoms with van der Waals surface area (Å²) in [5, 5.41) is 1.37. The Labute approximate surface area is 241 Å². The fraction of sp³-hybridized carbons (Fsp3) is 0.600. The maximum absolute atomic E-state index is 5.60. The van der Waals surface area contributed by atoms with Crippen LogP contribution in [0.2, 0.25) is 0 Å². The number of hydrogen-bond acceptors (Lipinski definition) is 4. The van der Waals surface area contributed by atoms with E-state index in [1.807, 2.05) is 6.07 Å². The Balaban J connectivity index is 1.11. The first-order chi connectivity index (χ1) is 19.5. The molecule has 2 aromatic carbocycles. The molecule has 0 amide bonds. The number of benzene rings is 2. The van der Waals surface area contributed by atoms with E-state index in [0.29, 0.717) is 5.92 Å². The van der Waals surface area contributed by atoms with Crippen molar-refractivity contribution in [3.8, 4) is 22.8 Å². The summed E-state index contributed by atoms with van der Waals surface area (Å²) in [6.45, 7) is 9.77. The Kier molecular flexibility index (Phi) is 8.41.